The molecule has 0 spiro atoms. The van der Waals surface area contributed by atoms with E-state index in [2.05, 4.69) is 27.0 Å². The number of nitrogens with zero attached hydrogens (tertiary/aromatic N) is 4. The number of hydrogen-bond acceptors (Lipinski definition) is 5. The van der Waals surface area contributed by atoms with Gasteiger partial charge in [0.1, 0.15) is 11.6 Å². The number of anilines is 1. The van der Waals surface area contributed by atoms with Crippen molar-refractivity contribution in [3.05, 3.63) is 22.4 Å². The molecule has 0 amide bonds. The van der Waals surface area contributed by atoms with Gasteiger partial charge in [-0.3, -0.25) is 0 Å². The second kappa shape index (κ2) is 4.90. The van der Waals surface area contributed by atoms with Crippen LogP contribution < -0.4 is 16.3 Å². The van der Waals surface area contributed by atoms with Gasteiger partial charge >= 0.3 is 5.69 Å². The summed E-state index contributed by atoms with van der Waals surface area (Å²) in [5.74, 6) is 2.13. The van der Waals surface area contributed by atoms with Crippen LogP contribution in [-0.4, -0.2) is 38.7 Å². The summed E-state index contributed by atoms with van der Waals surface area (Å²) in [4.78, 5) is 18.3. The number of piperidine rings is 1. The minimum absolute atomic E-state index is 0.243. The summed E-state index contributed by atoms with van der Waals surface area (Å²) in [5.41, 5.74) is 6.34. The smallest absolute Gasteiger partial charge is 0.349 e. The van der Waals surface area contributed by atoms with E-state index in [-0.39, 0.29) is 11.7 Å². The van der Waals surface area contributed by atoms with E-state index in [0.717, 1.165) is 31.7 Å². The van der Waals surface area contributed by atoms with Crippen LogP contribution in [0.2, 0.25) is 0 Å². The van der Waals surface area contributed by atoms with Crippen molar-refractivity contribution in [1.82, 2.24) is 19.6 Å². The Morgan fingerprint density at radius 1 is 1.45 bits per heavy atom. The molecular formula is C13H20N6O. The van der Waals surface area contributed by atoms with E-state index < -0.39 is 0 Å². The highest BCUT2D eigenvalue weighted by molar-refractivity contribution is 5.51. The number of hydrogen-bond donors (Lipinski definition) is 2. The third-order valence-corrected chi connectivity index (χ3v) is 4.16. The number of fused-ring (bicyclic) bond motifs is 1. The topological polar surface area (TPSA) is 92.3 Å². The number of rotatable bonds is 2. The van der Waals surface area contributed by atoms with Crippen LogP contribution in [0.4, 0.5) is 5.82 Å². The van der Waals surface area contributed by atoms with Crippen LogP contribution in [0, 0.1) is 12.8 Å². The molecule has 3 heterocycles. The highest BCUT2D eigenvalue weighted by atomic mass is 16.1. The zero-order valence-electron chi connectivity index (χ0n) is 11.8. The number of aryl methyl sites for hydroxylation is 1. The molecule has 7 nitrogen and oxygen atoms in total. The van der Waals surface area contributed by atoms with Gasteiger partial charge in [0.15, 0.2) is 5.65 Å². The molecule has 0 aliphatic carbocycles. The molecule has 2 aromatic heterocycles. The summed E-state index contributed by atoms with van der Waals surface area (Å²) in [6.45, 7) is 5.79. The molecule has 0 radical (unpaired) electrons. The maximum absolute atomic E-state index is 11.6. The van der Waals surface area contributed by atoms with Crippen LogP contribution in [0.15, 0.2) is 10.9 Å². The summed E-state index contributed by atoms with van der Waals surface area (Å²) >= 11 is 0. The van der Waals surface area contributed by atoms with E-state index in [1.54, 1.807) is 0 Å². The van der Waals surface area contributed by atoms with Crippen molar-refractivity contribution in [3.63, 3.8) is 0 Å². The van der Waals surface area contributed by atoms with Crippen molar-refractivity contribution in [3.8, 4) is 0 Å². The van der Waals surface area contributed by atoms with Gasteiger partial charge in [-0.1, -0.05) is 0 Å². The van der Waals surface area contributed by atoms with E-state index in [0.29, 0.717) is 17.4 Å². The van der Waals surface area contributed by atoms with Gasteiger partial charge in [0.05, 0.1) is 0 Å². The summed E-state index contributed by atoms with van der Waals surface area (Å²) in [6, 6.07) is 2.11. The first-order valence-corrected chi connectivity index (χ1v) is 7.01. The average Bonchev–Trinajstić information content (AvgIpc) is 2.81. The standard InChI is InChI=1S/C13H20N6O/c1-8(14)10-3-5-18(6-4-10)11-7-12-16-17-13(20)19(12)9(2)15-11/h7-8,10H,3-6,14H2,1-2H3,(H,17,20). The highest BCUT2D eigenvalue weighted by Gasteiger charge is 2.23. The fraction of sp³-hybridized carbons (Fsp3) is 0.615. The third kappa shape index (κ3) is 2.18. The molecule has 1 aliphatic heterocycles. The zero-order chi connectivity index (χ0) is 14.3. The van der Waals surface area contributed by atoms with E-state index >= 15 is 0 Å². The lowest BCUT2D eigenvalue weighted by Crippen LogP contribution is -2.40. The largest absolute Gasteiger partial charge is 0.356 e. The van der Waals surface area contributed by atoms with E-state index in [1.165, 1.54) is 4.40 Å². The van der Waals surface area contributed by atoms with Gasteiger partial charge < -0.3 is 10.6 Å². The zero-order valence-corrected chi connectivity index (χ0v) is 11.8. The Labute approximate surface area is 116 Å². The fourth-order valence-electron chi connectivity index (χ4n) is 2.90. The number of aromatic nitrogens is 4. The number of nitrogens with two attached hydrogens (primary N) is 1. The third-order valence-electron chi connectivity index (χ3n) is 4.16. The van der Waals surface area contributed by atoms with Gasteiger partial charge in [-0.05, 0) is 32.6 Å². The maximum atomic E-state index is 11.6. The number of aromatic amines is 1. The van der Waals surface area contributed by atoms with Gasteiger partial charge in [0.2, 0.25) is 0 Å². The molecule has 1 atom stereocenters. The van der Waals surface area contributed by atoms with Crippen molar-refractivity contribution in [2.24, 2.45) is 11.7 Å². The van der Waals surface area contributed by atoms with E-state index in [9.17, 15) is 4.79 Å². The van der Waals surface area contributed by atoms with Gasteiger partial charge in [0.25, 0.3) is 0 Å². The second-order valence-corrected chi connectivity index (χ2v) is 5.57. The summed E-state index contributed by atoms with van der Waals surface area (Å²) in [7, 11) is 0. The SMILES string of the molecule is Cc1nc(N2CCC(C(C)N)CC2)cc2n[nH]c(=O)n12. The highest BCUT2D eigenvalue weighted by Crippen LogP contribution is 2.24. The number of nitrogens with one attached hydrogen (secondary N) is 1. The maximum Gasteiger partial charge on any atom is 0.349 e. The Hall–Kier alpha value is -1.89. The van der Waals surface area contributed by atoms with Gasteiger partial charge in [-0.15, -0.1) is 0 Å². The summed E-state index contributed by atoms with van der Waals surface area (Å²) < 4.78 is 1.48. The normalized spacial score (nSPS) is 18.6. The van der Waals surface area contributed by atoms with Crippen molar-refractivity contribution < 1.29 is 0 Å². The molecule has 1 fully saturated rings. The molecule has 1 aliphatic rings. The summed E-state index contributed by atoms with van der Waals surface area (Å²) in [6.07, 6.45) is 2.16. The lowest BCUT2D eigenvalue weighted by molar-refractivity contribution is 0.353. The first-order chi connectivity index (χ1) is 9.56. The van der Waals surface area contributed by atoms with Crippen molar-refractivity contribution in [1.29, 1.82) is 0 Å². The van der Waals surface area contributed by atoms with Crippen LogP contribution in [0.5, 0.6) is 0 Å². The molecule has 108 valence electrons. The van der Waals surface area contributed by atoms with Crippen LogP contribution in [0.1, 0.15) is 25.6 Å². The molecular weight excluding hydrogens is 256 g/mol. The average molecular weight is 276 g/mol. The Balaban J connectivity index is 1.87. The van der Waals surface area contributed by atoms with Gasteiger partial charge in [-0.25, -0.2) is 19.3 Å². The second-order valence-electron chi connectivity index (χ2n) is 5.57. The predicted molar refractivity (Wildman–Crippen MR) is 76.9 cm³/mol. The first-order valence-electron chi connectivity index (χ1n) is 7.01. The Kier molecular flexibility index (Phi) is 3.21. The Morgan fingerprint density at radius 3 is 2.80 bits per heavy atom. The fourth-order valence-corrected chi connectivity index (χ4v) is 2.90. The van der Waals surface area contributed by atoms with Crippen molar-refractivity contribution in [2.75, 3.05) is 18.0 Å². The monoisotopic (exact) mass is 276 g/mol. The lowest BCUT2D eigenvalue weighted by atomic mass is 9.91. The Morgan fingerprint density at radius 2 is 2.15 bits per heavy atom. The van der Waals surface area contributed by atoms with Crippen LogP contribution in [-0.2, 0) is 0 Å². The molecule has 1 unspecified atom stereocenters. The quantitative estimate of drug-likeness (QED) is 0.822. The molecule has 0 saturated carbocycles. The molecule has 2 aromatic rings. The van der Waals surface area contributed by atoms with Crippen molar-refractivity contribution >= 4 is 11.5 Å². The molecule has 1 saturated heterocycles. The molecule has 7 heteroatoms. The lowest BCUT2D eigenvalue weighted by Gasteiger charge is -2.34. The molecule has 20 heavy (non-hydrogen) atoms. The molecule has 3 rings (SSSR count). The number of H-pyrrole nitrogens is 1. The minimum atomic E-state index is -0.243. The first kappa shape index (κ1) is 13.1. The van der Waals surface area contributed by atoms with E-state index in [1.807, 2.05) is 13.0 Å². The van der Waals surface area contributed by atoms with Crippen LogP contribution >= 0.6 is 0 Å². The Bertz CT molecular complexity index is 665. The predicted octanol–water partition coefficient (Wildman–Crippen LogP) is 0.290. The van der Waals surface area contributed by atoms with Crippen LogP contribution in [0.25, 0.3) is 5.65 Å². The summed E-state index contributed by atoms with van der Waals surface area (Å²) in [5, 5.41) is 6.47. The van der Waals surface area contributed by atoms with Gasteiger partial charge in [0, 0.05) is 25.2 Å². The minimum Gasteiger partial charge on any atom is -0.356 e. The van der Waals surface area contributed by atoms with Crippen LogP contribution in [0.3, 0.4) is 0 Å². The van der Waals surface area contributed by atoms with Gasteiger partial charge in [-0.2, -0.15) is 5.10 Å². The molecule has 0 bridgehead atoms. The molecule has 0 aromatic carbocycles. The van der Waals surface area contributed by atoms with E-state index in [4.69, 9.17) is 5.73 Å². The van der Waals surface area contributed by atoms with Crippen molar-refractivity contribution in [2.45, 2.75) is 32.7 Å². The molecule has 3 N–H and O–H groups in total.